The number of rotatable bonds is 55. The van der Waals surface area contributed by atoms with E-state index in [0.29, 0.717) is 19.4 Å². The van der Waals surface area contributed by atoms with E-state index in [9.17, 15) is 19.8 Å². The van der Waals surface area contributed by atoms with Gasteiger partial charge >= 0.3 is 5.97 Å². The third kappa shape index (κ3) is 53.3. The Morgan fingerprint density at radius 3 is 1.06 bits per heavy atom. The van der Waals surface area contributed by atoms with Crippen molar-refractivity contribution < 1.29 is 24.5 Å². The number of amides is 1. The fraction of sp³-hybridized carbons (Fsp3) is 0.869. The number of unbranched alkanes of at least 4 members (excludes halogenated alkanes) is 40. The van der Waals surface area contributed by atoms with Crippen LogP contribution < -0.4 is 5.32 Å². The van der Waals surface area contributed by atoms with Gasteiger partial charge in [0.15, 0.2) is 0 Å². The molecule has 0 spiro atoms. The molecule has 0 saturated heterocycles. The minimum Gasteiger partial charge on any atom is -0.466 e. The average Bonchev–Trinajstić information content (AvgIpc) is 3.33. The van der Waals surface area contributed by atoms with Crippen molar-refractivity contribution in [1.82, 2.24) is 5.32 Å². The Balaban J connectivity index is 3.40. The molecule has 2 unspecified atom stereocenters. The van der Waals surface area contributed by atoms with Gasteiger partial charge in [0.2, 0.25) is 5.91 Å². The zero-order chi connectivity index (χ0) is 48.6. The van der Waals surface area contributed by atoms with Crippen molar-refractivity contribution in [3.63, 3.8) is 0 Å². The maximum Gasteiger partial charge on any atom is 0.305 e. The van der Waals surface area contributed by atoms with E-state index in [1.165, 1.54) is 238 Å². The van der Waals surface area contributed by atoms with Crippen LogP contribution >= 0.6 is 0 Å². The summed E-state index contributed by atoms with van der Waals surface area (Å²) in [5, 5.41) is 23.0. The predicted octanol–water partition coefficient (Wildman–Crippen LogP) is 18.4. The molecule has 0 aromatic rings. The zero-order valence-corrected chi connectivity index (χ0v) is 44.9. The highest BCUT2D eigenvalue weighted by atomic mass is 16.5. The monoisotopic (exact) mass is 942 g/mol. The van der Waals surface area contributed by atoms with E-state index in [1.807, 2.05) is 6.08 Å². The highest BCUT2D eigenvalue weighted by Crippen LogP contribution is 2.16. The van der Waals surface area contributed by atoms with Gasteiger partial charge in [0.1, 0.15) is 0 Å². The van der Waals surface area contributed by atoms with Gasteiger partial charge in [0.05, 0.1) is 25.4 Å². The average molecular weight is 943 g/mol. The Labute approximate surface area is 417 Å². The van der Waals surface area contributed by atoms with Crippen molar-refractivity contribution in [1.29, 1.82) is 0 Å². The number of aliphatic hydroxyl groups is 2. The minimum atomic E-state index is -0.847. The molecule has 0 aromatic carbocycles. The molecule has 0 fully saturated rings. The van der Waals surface area contributed by atoms with E-state index < -0.39 is 12.1 Å². The molecule has 0 radical (unpaired) electrons. The highest BCUT2D eigenvalue weighted by Gasteiger charge is 2.18. The molecule has 0 bridgehead atoms. The molecule has 0 aliphatic carbocycles. The van der Waals surface area contributed by atoms with Gasteiger partial charge in [-0.15, -0.1) is 0 Å². The zero-order valence-electron chi connectivity index (χ0n) is 44.9. The van der Waals surface area contributed by atoms with E-state index in [1.54, 1.807) is 6.08 Å². The molecule has 0 rings (SSSR count). The lowest BCUT2D eigenvalue weighted by Crippen LogP contribution is -2.45. The Bertz CT molecular complexity index is 1090. The van der Waals surface area contributed by atoms with Gasteiger partial charge in [0.25, 0.3) is 0 Å². The fourth-order valence-electron chi connectivity index (χ4n) is 9.03. The van der Waals surface area contributed by atoms with Crippen molar-refractivity contribution in [2.45, 2.75) is 328 Å². The molecule has 0 heterocycles. The molecular formula is C61H115NO5. The van der Waals surface area contributed by atoms with Crippen LogP contribution in [0, 0.1) is 0 Å². The number of carbonyl (C=O) groups is 2. The van der Waals surface area contributed by atoms with E-state index in [0.717, 1.165) is 51.4 Å². The Morgan fingerprint density at radius 1 is 0.403 bits per heavy atom. The lowest BCUT2D eigenvalue weighted by Gasteiger charge is -2.20. The molecule has 6 heteroatoms. The largest absolute Gasteiger partial charge is 0.466 e. The van der Waals surface area contributed by atoms with E-state index in [2.05, 4.69) is 43.5 Å². The van der Waals surface area contributed by atoms with Crippen LogP contribution in [-0.4, -0.2) is 47.4 Å². The number of esters is 1. The third-order valence-corrected chi connectivity index (χ3v) is 13.6. The predicted molar refractivity (Wildman–Crippen MR) is 292 cm³/mol. The van der Waals surface area contributed by atoms with Crippen LogP contribution in [0.1, 0.15) is 316 Å². The second-order valence-electron chi connectivity index (χ2n) is 20.3. The number of nitrogens with one attached hydrogen (secondary N) is 1. The summed E-state index contributed by atoms with van der Waals surface area (Å²) in [6.45, 7) is 4.88. The van der Waals surface area contributed by atoms with Gasteiger partial charge in [0, 0.05) is 12.8 Å². The first kappa shape index (κ1) is 65.1. The molecule has 67 heavy (non-hydrogen) atoms. The molecule has 0 saturated carbocycles. The maximum absolute atomic E-state index is 12.4. The topological polar surface area (TPSA) is 95.9 Å². The molecule has 6 nitrogen and oxygen atoms in total. The molecule has 394 valence electrons. The van der Waals surface area contributed by atoms with Crippen molar-refractivity contribution in [2.24, 2.45) is 0 Å². The fourth-order valence-corrected chi connectivity index (χ4v) is 9.03. The Kier molecular flexibility index (Phi) is 55.0. The number of hydrogen-bond donors (Lipinski definition) is 3. The van der Waals surface area contributed by atoms with Gasteiger partial charge in [-0.25, -0.2) is 0 Å². The van der Waals surface area contributed by atoms with Crippen LogP contribution in [0.15, 0.2) is 36.5 Å². The summed E-state index contributed by atoms with van der Waals surface area (Å²) in [6, 6.07) is -0.632. The number of aliphatic hydroxyl groups excluding tert-OH is 2. The summed E-state index contributed by atoms with van der Waals surface area (Å²) in [7, 11) is 0. The van der Waals surface area contributed by atoms with Crippen molar-refractivity contribution in [3.8, 4) is 0 Å². The summed E-state index contributed by atoms with van der Waals surface area (Å²) in [4.78, 5) is 24.5. The van der Waals surface area contributed by atoms with Crippen LogP contribution in [0.25, 0.3) is 0 Å². The Hall–Kier alpha value is -1.92. The minimum absolute atomic E-state index is 0.00684. The summed E-state index contributed by atoms with van der Waals surface area (Å²) >= 11 is 0. The van der Waals surface area contributed by atoms with Crippen molar-refractivity contribution in [2.75, 3.05) is 13.2 Å². The summed E-state index contributed by atoms with van der Waals surface area (Å²) in [5.74, 6) is -0.0709. The maximum atomic E-state index is 12.4. The molecule has 2 atom stereocenters. The smallest absolute Gasteiger partial charge is 0.305 e. The van der Waals surface area contributed by atoms with Gasteiger partial charge < -0.3 is 20.3 Å². The van der Waals surface area contributed by atoms with Crippen LogP contribution in [0.2, 0.25) is 0 Å². The molecule has 0 aromatic heterocycles. The second kappa shape index (κ2) is 56.7. The van der Waals surface area contributed by atoms with Crippen LogP contribution in [0.5, 0.6) is 0 Å². The molecular weight excluding hydrogens is 827 g/mol. The van der Waals surface area contributed by atoms with E-state index in [4.69, 9.17) is 4.74 Å². The summed E-state index contributed by atoms with van der Waals surface area (Å²) in [6.07, 6.45) is 70.4. The molecule has 0 aliphatic heterocycles. The van der Waals surface area contributed by atoms with Crippen LogP contribution in [0.4, 0.5) is 0 Å². The van der Waals surface area contributed by atoms with Crippen molar-refractivity contribution in [3.05, 3.63) is 36.5 Å². The van der Waals surface area contributed by atoms with E-state index in [-0.39, 0.29) is 18.5 Å². The van der Waals surface area contributed by atoms with Crippen LogP contribution in [-0.2, 0) is 14.3 Å². The summed E-state index contributed by atoms with van der Waals surface area (Å²) in [5.41, 5.74) is 0. The van der Waals surface area contributed by atoms with Gasteiger partial charge in [-0.1, -0.05) is 256 Å². The quantitative estimate of drug-likeness (QED) is 0.0321. The van der Waals surface area contributed by atoms with Gasteiger partial charge in [-0.2, -0.15) is 0 Å². The second-order valence-corrected chi connectivity index (χ2v) is 20.3. The first-order valence-corrected chi connectivity index (χ1v) is 29.8. The molecule has 1 amide bonds. The lowest BCUT2D eigenvalue weighted by molar-refractivity contribution is -0.143. The van der Waals surface area contributed by atoms with Crippen molar-refractivity contribution >= 4 is 11.9 Å². The van der Waals surface area contributed by atoms with Gasteiger partial charge in [-0.05, 0) is 83.5 Å². The number of allylic oxidation sites excluding steroid dienone is 5. The number of carbonyl (C=O) groups excluding carboxylic acids is 2. The third-order valence-electron chi connectivity index (χ3n) is 13.6. The highest BCUT2D eigenvalue weighted by molar-refractivity contribution is 5.76. The molecule has 0 aliphatic rings. The van der Waals surface area contributed by atoms with E-state index >= 15 is 0 Å². The van der Waals surface area contributed by atoms with Crippen LogP contribution in [0.3, 0.4) is 0 Å². The SMILES string of the molecule is CCCCCCCC/C=C\CCCCCCCCCCCC(=O)OCCCCCCCCCCCC/C=C\CCCCCCCCCC(=O)NC(CO)C(O)/C=C/CCCCCCCCCC. The van der Waals surface area contributed by atoms with Gasteiger partial charge in [-0.3, -0.25) is 9.59 Å². The Morgan fingerprint density at radius 2 is 0.701 bits per heavy atom. The number of hydrogen-bond acceptors (Lipinski definition) is 5. The number of ether oxygens (including phenoxy) is 1. The first-order valence-electron chi connectivity index (χ1n) is 29.8. The normalized spacial score (nSPS) is 12.8. The first-order chi connectivity index (χ1) is 33.0. The molecule has 3 N–H and O–H groups in total. The lowest BCUT2D eigenvalue weighted by atomic mass is 10.0. The standard InChI is InChI=1S/C61H115NO5/c1-3-5-7-9-11-13-15-16-17-18-22-26-29-32-35-39-43-47-51-55-61(66)67-56-52-48-44-40-36-33-30-27-24-21-19-20-23-25-28-31-34-38-42-46-50-54-60(65)62-58(57-63)59(64)53-49-45-41-37-14-12-10-8-6-4-2/h16-17,20,23,49,53,58-59,63-64H,3-15,18-19,21-22,24-48,50-52,54-57H2,1-2H3,(H,62,65)/b17-16-,23-20-,53-49+. The summed E-state index contributed by atoms with van der Waals surface area (Å²) < 4.78 is 5.49.